The molecule has 110 valence electrons. The Bertz CT molecular complexity index is 1000. The van der Waals surface area contributed by atoms with E-state index in [1.807, 2.05) is 30.6 Å². The molecule has 0 amide bonds. The number of methoxy groups -OCH3 is 1. The molecule has 0 aliphatic carbocycles. The monoisotopic (exact) mass is 295 g/mol. The molecule has 0 atom stereocenters. The highest BCUT2D eigenvalue weighted by Gasteiger charge is 2.17. The van der Waals surface area contributed by atoms with Crippen LogP contribution < -0.4 is 4.74 Å². The molecule has 0 radical (unpaired) electrons. The molecule has 4 aromatic heterocycles. The number of hydrogen-bond donors (Lipinski definition) is 0. The lowest BCUT2D eigenvalue weighted by Crippen LogP contribution is -2.00. The first-order valence-electron chi connectivity index (χ1n) is 6.73. The number of aromatic nitrogens is 7. The minimum atomic E-state index is 0.519. The van der Waals surface area contributed by atoms with E-state index in [0.29, 0.717) is 22.7 Å². The number of pyridine rings is 1. The first kappa shape index (κ1) is 12.7. The van der Waals surface area contributed by atoms with Crippen molar-refractivity contribution in [3.05, 3.63) is 30.2 Å². The average molecular weight is 295 g/mol. The van der Waals surface area contributed by atoms with E-state index in [0.717, 1.165) is 17.1 Å². The smallest absolute Gasteiger partial charge is 0.215 e. The summed E-state index contributed by atoms with van der Waals surface area (Å²) >= 11 is 0. The van der Waals surface area contributed by atoms with Crippen molar-refractivity contribution < 1.29 is 4.74 Å². The van der Waals surface area contributed by atoms with Gasteiger partial charge in [-0.05, 0) is 13.0 Å². The normalized spacial score (nSPS) is 11.4. The maximum atomic E-state index is 5.22. The zero-order valence-corrected chi connectivity index (χ0v) is 12.3. The number of fused-ring (bicyclic) bond motifs is 3. The van der Waals surface area contributed by atoms with Crippen molar-refractivity contribution in [1.82, 2.24) is 34.3 Å². The molecule has 4 aromatic rings. The standard InChI is InChI=1S/C14H13N7O/c1-8-12-19-18-10-4-5-11(22-3)17-14(10)21(12)13(16-8)9-6-15-20(2)7-9/h4-7H,1-3H3. The largest absolute Gasteiger partial charge is 0.481 e. The van der Waals surface area contributed by atoms with Crippen LogP contribution in [0.2, 0.25) is 0 Å². The molecule has 0 saturated heterocycles. The highest BCUT2D eigenvalue weighted by atomic mass is 16.5. The lowest BCUT2D eigenvalue weighted by atomic mass is 10.3. The first-order chi connectivity index (χ1) is 10.7. The lowest BCUT2D eigenvalue weighted by Gasteiger charge is -2.04. The summed E-state index contributed by atoms with van der Waals surface area (Å²) in [7, 11) is 3.45. The number of aryl methyl sites for hydroxylation is 2. The topological polar surface area (TPSA) is 83.0 Å². The van der Waals surface area contributed by atoms with Crippen molar-refractivity contribution in [3.8, 4) is 17.3 Å². The third kappa shape index (κ3) is 1.73. The van der Waals surface area contributed by atoms with Crippen LogP contribution in [0.15, 0.2) is 24.5 Å². The van der Waals surface area contributed by atoms with Crippen molar-refractivity contribution in [2.45, 2.75) is 6.92 Å². The number of imidazole rings is 1. The predicted molar refractivity (Wildman–Crippen MR) is 79.6 cm³/mol. The maximum Gasteiger partial charge on any atom is 0.215 e. The predicted octanol–water partition coefficient (Wildman–Crippen LogP) is 1.39. The summed E-state index contributed by atoms with van der Waals surface area (Å²) in [5, 5.41) is 12.7. The van der Waals surface area contributed by atoms with Crippen LogP contribution in [0, 0.1) is 6.92 Å². The average Bonchev–Trinajstić information content (AvgIpc) is 3.10. The quantitative estimate of drug-likeness (QED) is 0.555. The van der Waals surface area contributed by atoms with Gasteiger partial charge in [-0.1, -0.05) is 0 Å². The number of rotatable bonds is 2. The van der Waals surface area contributed by atoms with Crippen LogP contribution in [-0.4, -0.2) is 41.5 Å². The van der Waals surface area contributed by atoms with Crippen LogP contribution in [0.5, 0.6) is 5.88 Å². The van der Waals surface area contributed by atoms with Gasteiger partial charge in [0.15, 0.2) is 17.1 Å². The second kappa shape index (κ2) is 4.48. The van der Waals surface area contributed by atoms with Crippen LogP contribution in [0.4, 0.5) is 0 Å². The molecule has 0 aliphatic rings. The van der Waals surface area contributed by atoms with Crippen molar-refractivity contribution in [2.24, 2.45) is 7.05 Å². The fourth-order valence-electron chi connectivity index (χ4n) is 2.45. The number of ether oxygens (including phenoxy) is 1. The van der Waals surface area contributed by atoms with E-state index in [-0.39, 0.29) is 0 Å². The highest BCUT2D eigenvalue weighted by molar-refractivity contribution is 5.77. The molecule has 8 heteroatoms. The van der Waals surface area contributed by atoms with Gasteiger partial charge in [-0.15, -0.1) is 10.2 Å². The third-order valence-electron chi connectivity index (χ3n) is 3.49. The Balaban J connectivity index is 2.14. The van der Waals surface area contributed by atoms with Gasteiger partial charge in [-0.2, -0.15) is 10.1 Å². The molecule has 22 heavy (non-hydrogen) atoms. The second-order valence-electron chi connectivity index (χ2n) is 4.98. The summed E-state index contributed by atoms with van der Waals surface area (Å²) in [5.41, 5.74) is 3.69. The molecule has 0 spiro atoms. The van der Waals surface area contributed by atoms with Gasteiger partial charge in [0.2, 0.25) is 5.88 Å². The van der Waals surface area contributed by atoms with Crippen molar-refractivity contribution in [1.29, 1.82) is 0 Å². The van der Waals surface area contributed by atoms with E-state index < -0.39 is 0 Å². The van der Waals surface area contributed by atoms with Gasteiger partial charge < -0.3 is 4.74 Å². The summed E-state index contributed by atoms with van der Waals surface area (Å²) in [4.78, 5) is 9.10. The Morgan fingerprint density at radius 3 is 2.68 bits per heavy atom. The summed E-state index contributed by atoms with van der Waals surface area (Å²) in [6.45, 7) is 1.90. The van der Waals surface area contributed by atoms with E-state index in [9.17, 15) is 0 Å². The Morgan fingerprint density at radius 1 is 1.09 bits per heavy atom. The van der Waals surface area contributed by atoms with Crippen LogP contribution in [0.1, 0.15) is 5.69 Å². The van der Waals surface area contributed by atoms with Gasteiger partial charge in [0.1, 0.15) is 5.52 Å². The number of nitrogens with zero attached hydrogens (tertiary/aromatic N) is 7. The summed E-state index contributed by atoms with van der Waals surface area (Å²) in [6.07, 6.45) is 3.67. The fourth-order valence-corrected chi connectivity index (χ4v) is 2.45. The molecule has 0 aliphatic heterocycles. The van der Waals surface area contributed by atoms with Crippen LogP contribution >= 0.6 is 0 Å². The van der Waals surface area contributed by atoms with Gasteiger partial charge in [0, 0.05) is 19.3 Å². The zero-order chi connectivity index (χ0) is 15.3. The lowest BCUT2D eigenvalue weighted by molar-refractivity contribution is 0.399. The Labute approximate surface area is 125 Å². The summed E-state index contributed by atoms with van der Waals surface area (Å²) in [5.74, 6) is 1.26. The highest BCUT2D eigenvalue weighted by Crippen LogP contribution is 2.24. The maximum absolute atomic E-state index is 5.22. The SMILES string of the molecule is COc1ccc2nnc3c(C)nc(-c4cnn(C)c4)n3c2n1. The third-order valence-corrected chi connectivity index (χ3v) is 3.49. The minimum absolute atomic E-state index is 0.519. The van der Waals surface area contributed by atoms with Gasteiger partial charge >= 0.3 is 0 Å². The van der Waals surface area contributed by atoms with Gasteiger partial charge in [0.25, 0.3) is 0 Å². The van der Waals surface area contributed by atoms with E-state index in [4.69, 9.17) is 4.74 Å². The first-order valence-corrected chi connectivity index (χ1v) is 6.73. The Kier molecular flexibility index (Phi) is 2.59. The summed E-state index contributed by atoms with van der Waals surface area (Å²) in [6, 6.07) is 3.59. The molecule has 4 heterocycles. The van der Waals surface area contributed by atoms with E-state index in [1.54, 1.807) is 24.1 Å². The molecule has 8 nitrogen and oxygen atoms in total. The fraction of sp³-hybridized carbons (Fsp3) is 0.214. The molecule has 4 rings (SSSR count). The zero-order valence-electron chi connectivity index (χ0n) is 12.3. The molecular weight excluding hydrogens is 282 g/mol. The molecule has 0 saturated carbocycles. The van der Waals surface area contributed by atoms with E-state index >= 15 is 0 Å². The number of hydrogen-bond acceptors (Lipinski definition) is 6. The Morgan fingerprint density at radius 2 is 1.95 bits per heavy atom. The van der Waals surface area contributed by atoms with Gasteiger partial charge in [0.05, 0.1) is 24.6 Å². The van der Waals surface area contributed by atoms with Crippen LogP contribution in [0.25, 0.3) is 28.2 Å². The van der Waals surface area contributed by atoms with Gasteiger partial charge in [-0.3, -0.25) is 9.08 Å². The van der Waals surface area contributed by atoms with Crippen LogP contribution in [-0.2, 0) is 7.05 Å². The molecule has 0 N–H and O–H groups in total. The van der Waals surface area contributed by atoms with Crippen molar-refractivity contribution in [2.75, 3.05) is 7.11 Å². The van der Waals surface area contributed by atoms with Crippen molar-refractivity contribution in [3.63, 3.8) is 0 Å². The second-order valence-corrected chi connectivity index (χ2v) is 4.98. The molecule has 0 fully saturated rings. The Hall–Kier alpha value is -3.03. The molecule has 0 unspecified atom stereocenters. The van der Waals surface area contributed by atoms with Crippen molar-refractivity contribution >= 4 is 16.8 Å². The molecule has 0 aromatic carbocycles. The molecular formula is C14H13N7O. The summed E-state index contributed by atoms with van der Waals surface area (Å²) < 4.78 is 8.84. The molecule has 0 bridgehead atoms. The van der Waals surface area contributed by atoms with E-state index in [2.05, 4.69) is 25.3 Å². The van der Waals surface area contributed by atoms with Gasteiger partial charge in [-0.25, -0.2) is 4.98 Å². The minimum Gasteiger partial charge on any atom is -0.481 e. The van der Waals surface area contributed by atoms with E-state index in [1.165, 1.54) is 0 Å². The van der Waals surface area contributed by atoms with Crippen LogP contribution in [0.3, 0.4) is 0 Å².